The fraction of sp³-hybridized carbons (Fsp3) is 0.444. The number of benzene rings is 1. The van der Waals surface area contributed by atoms with Gasteiger partial charge in [0, 0.05) is 5.56 Å². The first-order chi connectivity index (χ1) is 10.7. The van der Waals surface area contributed by atoms with Crippen LogP contribution in [0.1, 0.15) is 33.6 Å². The third-order valence-electron chi connectivity index (χ3n) is 3.62. The summed E-state index contributed by atoms with van der Waals surface area (Å²) in [4.78, 5) is 8.77. The number of nitrogens with zero attached hydrogens (tertiary/aromatic N) is 2. The predicted molar refractivity (Wildman–Crippen MR) is 88.2 cm³/mol. The minimum atomic E-state index is 0.408. The van der Waals surface area contributed by atoms with E-state index in [-0.39, 0.29) is 0 Å². The van der Waals surface area contributed by atoms with Gasteiger partial charge in [0.1, 0.15) is 5.69 Å². The van der Waals surface area contributed by atoms with Gasteiger partial charge in [0.05, 0.1) is 19.4 Å². The van der Waals surface area contributed by atoms with E-state index >= 15 is 0 Å². The molecule has 0 aliphatic rings. The highest BCUT2D eigenvalue weighted by Crippen LogP contribution is 2.28. The van der Waals surface area contributed by atoms with Gasteiger partial charge in [0.15, 0.2) is 5.75 Å². The standard InChI is InChI=1S/C18H24N2O2/c1-4-14(3)11-12-22-18-19-13-16(21-5-2)17(20-18)15-9-7-6-8-10-15/h6-10,13-14H,4-5,11-12H2,1-3H3. The van der Waals surface area contributed by atoms with Crippen molar-refractivity contribution in [3.63, 3.8) is 0 Å². The molecule has 1 aromatic heterocycles. The number of hydrogen-bond donors (Lipinski definition) is 0. The molecule has 0 fully saturated rings. The van der Waals surface area contributed by atoms with E-state index < -0.39 is 0 Å². The topological polar surface area (TPSA) is 44.2 Å². The van der Waals surface area contributed by atoms with E-state index in [4.69, 9.17) is 9.47 Å². The molecule has 0 saturated heterocycles. The summed E-state index contributed by atoms with van der Waals surface area (Å²) in [5.74, 6) is 1.33. The van der Waals surface area contributed by atoms with Crippen LogP contribution in [0.2, 0.25) is 0 Å². The van der Waals surface area contributed by atoms with E-state index in [0.717, 1.165) is 24.1 Å². The largest absolute Gasteiger partial charge is 0.490 e. The van der Waals surface area contributed by atoms with E-state index in [1.54, 1.807) is 6.20 Å². The van der Waals surface area contributed by atoms with Gasteiger partial charge in [-0.2, -0.15) is 9.97 Å². The molecule has 0 radical (unpaired) electrons. The maximum Gasteiger partial charge on any atom is 0.317 e. The average Bonchev–Trinajstić information content (AvgIpc) is 2.57. The van der Waals surface area contributed by atoms with Gasteiger partial charge < -0.3 is 9.47 Å². The zero-order valence-corrected chi connectivity index (χ0v) is 13.6. The van der Waals surface area contributed by atoms with Crippen molar-refractivity contribution in [3.8, 4) is 23.0 Å². The second-order valence-electron chi connectivity index (χ2n) is 5.32. The Balaban J connectivity index is 2.16. The number of ether oxygens (including phenoxy) is 2. The Hall–Kier alpha value is -2.10. The van der Waals surface area contributed by atoms with Gasteiger partial charge in [-0.1, -0.05) is 50.6 Å². The highest BCUT2D eigenvalue weighted by molar-refractivity contribution is 5.65. The van der Waals surface area contributed by atoms with E-state index in [1.165, 1.54) is 0 Å². The number of aromatic nitrogens is 2. The zero-order valence-electron chi connectivity index (χ0n) is 13.6. The van der Waals surface area contributed by atoms with Crippen LogP contribution in [0.25, 0.3) is 11.3 Å². The van der Waals surface area contributed by atoms with Crippen LogP contribution in [0.5, 0.6) is 11.8 Å². The van der Waals surface area contributed by atoms with Crippen molar-refractivity contribution in [1.82, 2.24) is 9.97 Å². The highest BCUT2D eigenvalue weighted by atomic mass is 16.5. The van der Waals surface area contributed by atoms with Gasteiger partial charge in [-0.25, -0.2) is 0 Å². The fourth-order valence-corrected chi connectivity index (χ4v) is 2.04. The molecule has 0 amide bonds. The third-order valence-corrected chi connectivity index (χ3v) is 3.62. The van der Waals surface area contributed by atoms with Crippen LogP contribution in [0.15, 0.2) is 36.5 Å². The average molecular weight is 300 g/mol. The van der Waals surface area contributed by atoms with Crippen molar-refractivity contribution in [1.29, 1.82) is 0 Å². The Morgan fingerprint density at radius 3 is 2.55 bits per heavy atom. The Bertz CT molecular complexity index is 573. The van der Waals surface area contributed by atoms with E-state index in [0.29, 0.717) is 30.9 Å². The van der Waals surface area contributed by atoms with Crippen molar-refractivity contribution in [2.75, 3.05) is 13.2 Å². The van der Waals surface area contributed by atoms with Crippen LogP contribution in [0.4, 0.5) is 0 Å². The van der Waals surface area contributed by atoms with Crippen LogP contribution in [0.3, 0.4) is 0 Å². The molecular formula is C18H24N2O2. The first kappa shape index (κ1) is 16.3. The molecule has 0 N–H and O–H groups in total. The lowest BCUT2D eigenvalue weighted by Gasteiger charge is -2.12. The molecule has 0 aliphatic carbocycles. The minimum absolute atomic E-state index is 0.408. The zero-order chi connectivity index (χ0) is 15.8. The number of hydrogen-bond acceptors (Lipinski definition) is 4. The van der Waals surface area contributed by atoms with E-state index in [1.807, 2.05) is 37.3 Å². The first-order valence-electron chi connectivity index (χ1n) is 7.92. The summed E-state index contributed by atoms with van der Waals surface area (Å²) in [6.07, 6.45) is 3.86. The summed E-state index contributed by atoms with van der Waals surface area (Å²) in [6, 6.07) is 10.4. The van der Waals surface area contributed by atoms with Crippen LogP contribution in [-0.2, 0) is 0 Å². The van der Waals surface area contributed by atoms with Crippen LogP contribution in [0, 0.1) is 5.92 Å². The number of rotatable bonds is 8. The molecule has 1 aromatic carbocycles. The normalized spacial score (nSPS) is 12.0. The minimum Gasteiger partial charge on any atom is -0.490 e. The van der Waals surface area contributed by atoms with Crippen molar-refractivity contribution in [2.24, 2.45) is 5.92 Å². The summed E-state index contributed by atoms with van der Waals surface area (Å²) in [5, 5.41) is 0. The lowest BCUT2D eigenvalue weighted by atomic mass is 10.1. The van der Waals surface area contributed by atoms with Gasteiger partial charge in [-0.15, -0.1) is 0 Å². The molecule has 1 atom stereocenters. The summed E-state index contributed by atoms with van der Waals surface area (Å²) in [7, 11) is 0. The van der Waals surface area contributed by atoms with Crippen LogP contribution in [-0.4, -0.2) is 23.2 Å². The lowest BCUT2D eigenvalue weighted by molar-refractivity contribution is 0.260. The monoisotopic (exact) mass is 300 g/mol. The van der Waals surface area contributed by atoms with E-state index in [9.17, 15) is 0 Å². The molecule has 22 heavy (non-hydrogen) atoms. The Morgan fingerprint density at radius 2 is 1.86 bits per heavy atom. The van der Waals surface area contributed by atoms with Gasteiger partial charge >= 0.3 is 6.01 Å². The molecule has 1 heterocycles. The van der Waals surface area contributed by atoms with Crippen molar-refractivity contribution >= 4 is 0 Å². The van der Waals surface area contributed by atoms with E-state index in [2.05, 4.69) is 23.8 Å². The molecule has 4 heteroatoms. The third kappa shape index (κ3) is 4.45. The van der Waals surface area contributed by atoms with Crippen LogP contribution >= 0.6 is 0 Å². The summed E-state index contributed by atoms with van der Waals surface area (Å²) in [6.45, 7) is 7.57. The summed E-state index contributed by atoms with van der Waals surface area (Å²) in [5.41, 5.74) is 1.77. The van der Waals surface area contributed by atoms with Crippen molar-refractivity contribution < 1.29 is 9.47 Å². The molecule has 2 rings (SSSR count). The molecule has 0 saturated carbocycles. The van der Waals surface area contributed by atoms with Crippen molar-refractivity contribution in [3.05, 3.63) is 36.5 Å². The quantitative estimate of drug-likeness (QED) is 0.726. The molecule has 4 nitrogen and oxygen atoms in total. The Morgan fingerprint density at radius 1 is 1.09 bits per heavy atom. The van der Waals surface area contributed by atoms with Gasteiger partial charge in [-0.05, 0) is 19.3 Å². The molecule has 1 unspecified atom stereocenters. The second-order valence-corrected chi connectivity index (χ2v) is 5.32. The molecule has 0 aliphatic heterocycles. The van der Waals surface area contributed by atoms with Crippen LogP contribution < -0.4 is 9.47 Å². The van der Waals surface area contributed by atoms with Gasteiger partial charge in [0.2, 0.25) is 0 Å². The maximum absolute atomic E-state index is 5.70. The Labute approximate surface area is 132 Å². The van der Waals surface area contributed by atoms with Gasteiger partial charge in [-0.3, -0.25) is 0 Å². The smallest absolute Gasteiger partial charge is 0.317 e. The molecule has 2 aromatic rings. The highest BCUT2D eigenvalue weighted by Gasteiger charge is 2.11. The predicted octanol–water partition coefficient (Wildman–Crippen LogP) is 4.36. The lowest BCUT2D eigenvalue weighted by Crippen LogP contribution is -2.06. The van der Waals surface area contributed by atoms with Gasteiger partial charge in [0.25, 0.3) is 0 Å². The molecular weight excluding hydrogens is 276 g/mol. The summed E-state index contributed by atoms with van der Waals surface area (Å²) >= 11 is 0. The molecule has 0 spiro atoms. The fourth-order valence-electron chi connectivity index (χ4n) is 2.04. The Kier molecular flexibility index (Phi) is 6.19. The van der Waals surface area contributed by atoms with Crippen molar-refractivity contribution in [2.45, 2.75) is 33.6 Å². The first-order valence-corrected chi connectivity index (χ1v) is 7.92. The maximum atomic E-state index is 5.70. The SMILES string of the molecule is CCOc1cnc(OCCC(C)CC)nc1-c1ccccc1. The second kappa shape index (κ2) is 8.37. The molecule has 0 bridgehead atoms. The summed E-state index contributed by atoms with van der Waals surface area (Å²) < 4.78 is 11.3. The molecule has 118 valence electrons.